The Hall–Kier alpha value is -1.53. The van der Waals surface area contributed by atoms with Gasteiger partial charge in [0.05, 0.1) is 6.54 Å². The number of nitrogens with two attached hydrogens (primary N) is 1. The molecule has 3 nitrogen and oxygen atoms in total. The Morgan fingerprint density at radius 3 is 2.92 bits per heavy atom. The van der Waals surface area contributed by atoms with Gasteiger partial charge in [-0.25, -0.2) is 0 Å². The second kappa shape index (κ2) is 4.48. The third-order valence-corrected chi connectivity index (χ3v) is 1.71. The minimum atomic E-state index is -0.0417. The van der Waals surface area contributed by atoms with Crippen LogP contribution in [0.5, 0.6) is 0 Å². The number of nitrogens with zero attached hydrogens (tertiary/aromatic N) is 1. The maximum atomic E-state index is 11.2. The Kier molecular flexibility index (Phi) is 3.30. The van der Waals surface area contributed by atoms with E-state index >= 15 is 0 Å². The summed E-state index contributed by atoms with van der Waals surface area (Å²) in [6, 6.07) is 3.25. The molecule has 0 aliphatic carbocycles. The third-order valence-electron chi connectivity index (χ3n) is 1.71. The Balaban J connectivity index is 3.01. The van der Waals surface area contributed by atoms with Gasteiger partial charge in [-0.3, -0.25) is 4.79 Å². The zero-order valence-corrected chi connectivity index (χ0v) is 7.58. The van der Waals surface area contributed by atoms with E-state index in [4.69, 9.17) is 5.73 Å². The molecule has 0 radical (unpaired) electrons. The third kappa shape index (κ3) is 2.46. The van der Waals surface area contributed by atoms with Gasteiger partial charge in [0.15, 0.2) is 0 Å². The van der Waals surface area contributed by atoms with Crippen molar-refractivity contribution < 1.29 is 0 Å². The van der Waals surface area contributed by atoms with Crippen molar-refractivity contribution in [2.24, 2.45) is 5.73 Å². The van der Waals surface area contributed by atoms with Crippen molar-refractivity contribution in [3.63, 3.8) is 0 Å². The molecule has 0 saturated carbocycles. The summed E-state index contributed by atoms with van der Waals surface area (Å²) in [5.74, 6) is 5.57. The van der Waals surface area contributed by atoms with Crippen LogP contribution >= 0.6 is 0 Å². The van der Waals surface area contributed by atoms with Crippen molar-refractivity contribution in [3.8, 4) is 11.8 Å². The first-order valence-electron chi connectivity index (χ1n) is 4.07. The highest BCUT2D eigenvalue weighted by Gasteiger charge is 1.94. The van der Waals surface area contributed by atoms with E-state index in [-0.39, 0.29) is 5.56 Å². The van der Waals surface area contributed by atoms with Crippen LogP contribution in [0.15, 0.2) is 23.1 Å². The van der Waals surface area contributed by atoms with Gasteiger partial charge in [0.1, 0.15) is 0 Å². The van der Waals surface area contributed by atoms with Crippen molar-refractivity contribution in [2.45, 2.75) is 20.0 Å². The second-order valence-corrected chi connectivity index (χ2v) is 2.63. The fourth-order valence-corrected chi connectivity index (χ4v) is 0.989. The molecule has 0 saturated heterocycles. The molecule has 0 atom stereocenters. The fourth-order valence-electron chi connectivity index (χ4n) is 0.989. The van der Waals surface area contributed by atoms with Crippen LogP contribution in [0.2, 0.25) is 0 Å². The summed E-state index contributed by atoms with van der Waals surface area (Å²) in [6.45, 7) is 2.63. The lowest BCUT2D eigenvalue weighted by molar-refractivity contribution is 0.781. The molecule has 0 spiro atoms. The number of hydrogen-bond donors (Lipinski definition) is 1. The molecule has 2 N–H and O–H groups in total. The molecule has 1 rings (SSSR count). The van der Waals surface area contributed by atoms with Gasteiger partial charge in [-0.2, -0.15) is 0 Å². The Bertz CT molecular complexity index is 395. The van der Waals surface area contributed by atoms with Crippen LogP contribution in [0.3, 0.4) is 0 Å². The van der Waals surface area contributed by atoms with E-state index in [0.29, 0.717) is 13.1 Å². The number of aromatic nitrogens is 1. The van der Waals surface area contributed by atoms with Crippen LogP contribution in [-0.2, 0) is 13.1 Å². The molecule has 0 amide bonds. The summed E-state index contributed by atoms with van der Waals surface area (Å²) < 4.78 is 1.55. The molecule has 3 heteroatoms. The van der Waals surface area contributed by atoms with Crippen LogP contribution in [0.25, 0.3) is 0 Å². The standard InChI is InChI=1S/C10H12N2O/c1-2-3-6-12-8-9(7-11)4-5-10(12)13/h4-5,8H,6-7,11H2,1H3. The molecular weight excluding hydrogens is 164 g/mol. The van der Waals surface area contributed by atoms with Gasteiger partial charge < -0.3 is 10.3 Å². The SMILES string of the molecule is CC#CCn1cc(CN)ccc1=O. The first kappa shape index (κ1) is 9.56. The average Bonchev–Trinajstić information content (AvgIpc) is 2.17. The molecule has 0 bridgehead atoms. The summed E-state index contributed by atoms with van der Waals surface area (Å²) in [5, 5.41) is 0. The predicted molar refractivity (Wildman–Crippen MR) is 52.0 cm³/mol. The van der Waals surface area contributed by atoms with Gasteiger partial charge in [-0.05, 0) is 12.5 Å². The molecule has 1 aromatic heterocycles. The normalized spacial score (nSPS) is 9.08. The summed E-state index contributed by atoms with van der Waals surface area (Å²) in [4.78, 5) is 11.2. The van der Waals surface area contributed by atoms with Gasteiger partial charge in [-0.1, -0.05) is 12.0 Å². The Labute approximate surface area is 77.2 Å². The quantitative estimate of drug-likeness (QED) is 0.660. The zero-order valence-electron chi connectivity index (χ0n) is 7.58. The summed E-state index contributed by atoms with van der Waals surface area (Å²) in [7, 11) is 0. The molecule has 0 aliphatic rings. The van der Waals surface area contributed by atoms with Crippen LogP contribution in [-0.4, -0.2) is 4.57 Å². The van der Waals surface area contributed by atoms with E-state index in [9.17, 15) is 4.79 Å². The minimum absolute atomic E-state index is 0.0417. The van der Waals surface area contributed by atoms with E-state index in [1.807, 2.05) is 0 Å². The highest BCUT2D eigenvalue weighted by Crippen LogP contribution is 1.92. The number of pyridine rings is 1. The lowest BCUT2D eigenvalue weighted by Crippen LogP contribution is -2.19. The summed E-state index contributed by atoms with van der Waals surface area (Å²) >= 11 is 0. The van der Waals surface area contributed by atoms with Gasteiger partial charge in [-0.15, -0.1) is 5.92 Å². The molecule has 1 aromatic rings. The number of rotatable bonds is 2. The molecule has 13 heavy (non-hydrogen) atoms. The zero-order chi connectivity index (χ0) is 9.68. The maximum Gasteiger partial charge on any atom is 0.251 e. The molecule has 0 unspecified atom stereocenters. The largest absolute Gasteiger partial charge is 0.326 e. The van der Waals surface area contributed by atoms with E-state index < -0.39 is 0 Å². The molecule has 1 heterocycles. The maximum absolute atomic E-state index is 11.2. The lowest BCUT2D eigenvalue weighted by Gasteiger charge is -2.02. The molecule has 68 valence electrons. The fraction of sp³-hybridized carbons (Fsp3) is 0.300. The average molecular weight is 176 g/mol. The van der Waals surface area contributed by atoms with Crippen molar-refractivity contribution >= 4 is 0 Å². The highest BCUT2D eigenvalue weighted by atomic mass is 16.1. The second-order valence-electron chi connectivity index (χ2n) is 2.63. The molecule has 0 aromatic carbocycles. The van der Waals surface area contributed by atoms with Crippen molar-refractivity contribution in [2.75, 3.05) is 0 Å². The summed E-state index contributed by atoms with van der Waals surface area (Å²) in [5.41, 5.74) is 6.35. The highest BCUT2D eigenvalue weighted by molar-refractivity contribution is 5.10. The van der Waals surface area contributed by atoms with Crippen LogP contribution in [0, 0.1) is 11.8 Å². The van der Waals surface area contributed by atoms with E-state index in [0.717, 1.165) is 5.56 Å². The van der Waals surface area contributed by atoms with Gasteiger partial charge in [0.25, 0.3) is 5.56 Å². The van der Waals surface area contributed by atoms with Crippen LogP contribution in [0.4, 0.5) is 0 Å². The molecular formula is C10H12N2O. The first-order chi connectivity index (χ1) is 6.27. The van der Waals surface area contributed by atoms with Crippen molar-refractivity contribution in [1.82, 2.24) is 4.57 Å². The lowest BCUT2D eigenvalue weighted by atomic mass is 10.3. The monoisotopic (exact) mass is 176 g/mol. The summed E-state index contributed by atoms with van der Waals surface area (Å²) in [6.07, 6.45) is 1.74. The van der Waals surface area contributed by atoms with Crippen molar-refractivity contribution in [1.29, 1.82) is 0 Å². The van der Waals surface area contributed by atoms with E-state index in [2.05, 4.69) is 11.8 Å². The van der Waals surface area contributed by atoms with Crippen LogP contribution in [0.1, 0.15) is 12.5 Å². The Morgan fingerprint density at radius 2 is 2.31 bits per heavy atom. The van der Waals surface area contributed by atoms with Gasteiger partial charge in [0.2, 0.25) is 0 Å². The molecule has 0 aliphatic heterocycles. The smallest absolute Gasteiger partial charge is 0.251 e. The topological polar surface area (TPSA) is 48.0 Å². The predicted octanol–water partition coefficient (Wildman–Crippen LogP) is 0.330. The Morgan fingerprint density at radius 1 is 1.54 bits per heavy atom. The van der Waals surface area contributed by atoms with Gasteiger partial charge in [0, 0.05) is 18.8 Å². The van der Waals surface area contributed by atoms with E-state index in [1.165, 1.54) is 6.07 Å². The van der Waals surface area contributed by atoms with Gasteiger partial charge >= 0.3 is 0 Å². The van der Waals surface area contributed by atoms with Crippen LogP contribution < -0.4 is 11.3 Å². The molecule has 0 fully saturated rings. The number of hydrogen-bond acceptors (Lipinski definition) is 2. The first-order valence-corrected chi connectivity index (χ1v) is 4.07. The van der Waals surface area contributed by atoms with Crippen molar-refractivity contribution in [3.05, 3.63) is 34.2 Å². The minimum Gasteiger partial charge on any atom is -0.326 e. The van der Waals surface area contributed by atoms with E-state index in [1.54, 1.807) is 23.8 Å².